The van der Waals surface area contributed by atoms with Crippen LogP contribution in [0.2, 0.25) is 0 Å². The fourth-order valence-corrected chi connectivity index (χ4v) is 2.74. The highest BCUT2D eigenvalue weighted by molar-refractivity contribution is 5.89. The molecule has 2 N–H and O–H groups in total. The van der Waals surface area contributed by atoms with Crippen molar-refractivity contribution in [2.45, 2.75) is 26.8 Å². The van der Waals surface area contributed by atoms with Crippen molar-refractivity contribution in [3.05, 3.63) is 59.2 Å². The van der Waals surface area contributed by atoms with Crippen molar-refractivity contribution in [3.63, 3.8) is 0 Å². The SMILES string of the molecule is CCc1cc(NC(=O)N(CCO)Cc2ccccc2OC)ccc1C. The molecule has 0 aliphatic carbocycles. The Morgan fingerprint density at radius 1 is 1.20 bits per heavy atom. The van der Waals surface area contributed by atoms with Crippen LogP contribution in [-0.4, -0.2) is 36.3 Å². The van der Waals surface area contributed by atoms with E-state index in [1.165, 1.54) is 11.1 Å². The van der Waals surface area contributed by atoms with Crippen molar-refractivity contribution in [2.75, 3.05) is 25.6 Å². The molecule has 25 heavy (non-hydrogen) atoms. The molecule has 0 aliphatic rings. The van der Waals surface area contributed by atoms with Crippen molar-refractivity contribution in [1.82, 2.24) is 4.90 Å². The Bertz CT molecular complexity index is 716. The number of urea groups is 1. The summed E-state index contributed by atoms with van der Waals surface area (Å²) >= 11 is 0. The number of para-hydroxylation sites is 1. The Hall–Kier alpha value is -2.53. The van der Waals surface area contributed by atoms with E-state index in [1.54, 1.807) is 12.0 Å². The molecule has 5 heteroatoms. The van der Waals surface area contributed by atoms with Crippen LogP contribution in [-0.2, 0) is 13.0 Å². The molecule has 2 aromatic carbocycles. The van der Waals surface area contributed by atoms with Gasteiger partial charge in [0, 0.05) is 17.8 Å². The predicted octanol–water partition coefficient (Wildman–Crippen LogP) is 3.59. The molecular formula is C20H26N2O3. The fraction of sp³-hybridized carbons (Fsp3) is 0.350. The molecule has 0 bridgehead atoms. The normalized spacial score (nSPS) is 10.4. The standard InChI is InChI=1S/C20H26N2O3/c1-4-16-13-18(10-9-15(16)2)21-20(24)22(11-12-23)14-17-7-5-6-8-19(17)25-3/h5-10,13,23H,4,11-12,14H2,1-3H3,(H,21,24). The zero-order valence-corrected chi connectivity index (χ0v) is 15.1. The number of aliphatic hydroxyl groups excluding tert-OH is 1. The van der Waals surface area contributed by atoms with Crippen LogP contribution in [0.3, 0.4) is 0 Å². The molecule has 0 fully saturated rings. The van der Waals surface area contributed by atoms with Crippen molar-refractivity contribution < 1.29 is 14.6 Å². The summed E-state index contributed by atoms with van der Waals surface area (Å²) in [5.74, 6) is 0.724. The van der Waals surface area contributed by atoms with Gasteiger partial charge < -0.3 is 20.1 Å². The number of nitrogens with zero attached hydrogens (tertiary/aromatic N) is 1. The van der Waals surface area contributed by atoms with Gasteiger partial charge in [-0.25, -0.2) is 4.79 Å². The summed E-state index contributed by atoms with van der Waals surface area (Å²) in [7, 11) is 1.61. The molecule has 0 atom stereocenters. The number of aryl methyl sites for hydroxylation is 2. The van der Waals surface area contributed by atoms with Gasteiger partial charge in [-0.1, -0.05) is 31.2 Å². The molecule has 0 heterocycles. The quantitative estimate of drug-likeness (QED) is 0.808. The summed E-state index contributed by atoms with van der Waals surface area (Å²) in [4.78, 5) is 14.2. The maximum absolute atomic E-state index is 12.7. The molecule has 2 amide bonds. The van der Waals surface area contributed by atoms with Gasteiger partial charge in [0.15, 0.2) is 0 Å². The van der Waals surface area contributed by atoms with Crippen LogP contribution < -0.4 is 10.1 Å². The van der Waals surface area contributed by atoms with Crippen LogP contribution in [0, 0.1) is 6.92 Å². The Morgan fingerprint density at radius 3 is 2.64 bits per heavy atom. The smallest absolute Gasteiger partial charge is 0.322 e. The van der Waals surface area contributed by atoms with E-state index in [2.05, 4.69) is 19.2 Å². The number of rotatable bonds is 7. The van der Waals surface area contributed by atoms with Crippen LogP contribution in [0.15, 0.2) is 42.5 Å². The van der Waals surface area contributed by atoms with E-state index in [1.807, 2.05) is 42.5 Å². The Kier molecular flexibility index (Phi) is 6.83. The highest BCUT2D eigenvalue weighted by Crippen LogP contribution is 2.20. The van der Waals surface area contributed by atoms with Crippen LogP contribution >= 0.6 is 0 Å². The molecule has 0 aromatic heterocycles. The Balaban J connectivity index is 2.15. The van der Waals surface area contributed by atoms with Crippen molar-refractivity contribution in [1.29, 1.82) is 0 Å². The predicted molar refractivity (Wildman–Crippen MR) is 100 cm³/mol. The molecular weight excluding hydrogens is 316 g/mol. The molecule has 0 unspecified atom stereocenters. The average molecular weight is 342 g/mol. The van der Waals surface area contributed by atoms with E-state index < -0.39 is 0 Å². The van der Waals surface area contributed by atoms with Gasteiger partial charge in [0.05, 0.1) is 20.3 Å². The summed E-state index contributed by atoms with van der Waals surface area (Å²) < 4.78 is 5.34. The van der Waals surface area contributed by atoms with Gasteiger partial charge in [-0.3, -0.25) is 0 Å². The lowest BCUT2D eigenvalue weighted by atomic mass is 10.1. The fourth-order valence-electron chi connectivity index (χ4n) is 2.74. The number of methoxy groups -OCH3 is 1. The van der Waals surface area contributed by atoms with Crippen LogP contribution in [0.5, 0.6) is 5.75 Å². The first-order valence-electron chi connectivity index (χ1n) is 8.47. The van der Waals surface area contributed by atoms with E-state index >= 15 is 0 Å². The summed E-state index contributed by atoms with van der Waals surface area (Å²) in [5.41, 5.74) is 4.07. The van der Waals surface area contributed by atoms with Crippen LogP contribution in [0.4, 0.5) is 10.5 Å². The molecule has 0 saturated heterocycles. The van der Waals surface area contributed by atoms with Gasteiger partial charge in [-0.2, -0.15) is 0 Å². The molecule has 5 nitrogen and oxygen atoms in total. The van der Waals surface area contributed by atoms with E-state index in [4.69, 9.17) is 4.74 Å². The van der Waals surface area contributed by atoms with E-state index in [0.29, 0.717) is 6.54 Å². The minimum absolute atomic E-state index is 0.101. The van der Waals surface area contributed by atoms with E-state index in [-0.39, 0.29) is 19.2 Å². The molecule has 2 aromatic rings. The number of amides is 2. The second-order valence-electron chi connectivity index (χ2n) is 5.88. The first kappa shape index (κ1) is 18.8. The van der Waals surface area contributed by atoms with E-state index in [9.17, 15) is 9.90 Å². The summed E-state index contributed by atoms with van der Waals surface area (Å²) in [5, 5.41) is 12.2. The third-order valence-electron chi connectivity index (χ3n) is 4.19. The number of nitrogens with one attached hydrogen (secondary N) is 1. The highest BCUT2D eigenvalue weighted by atomic mass is 16.5. The number of hydrogen-bond acceptors (Lipinski definition) is 3. The number of aliphatic hydroxyl groups is 1. The lowest BCUT2D eigenvalue weighted by molar-refractivity contribution is 0.184. The second-order valence-corrected chi connectivity index (χ2v) is 5.88. The van der Waals surface area contributed by atoms with E-state index in [0.717, 1.165) is 23.4 Å². The third-order valence-corrected chi connectivity index (χ3v) is 4.19. The lowest BCUT2D eigenvalue weighted by Gasteiger charge is -2.23. The van der Waals surface area contributed by atoms with Crippen LogP contribution in [0.1, 0.15) is 23.6 Å². The highest BCUT2D eigenvalue weighted by Gasteiger charge is 2.16. The maximum Gasteiger partial charge on any atom is 0.322 e. The summed E-state index contributed by atoms with van der Waals surface area (Å²) in [6.07, 6.45) is 0.914. The molecule has 134 valence electrons. The molecule has 0 aliphatic heterocycles. The van der Waals surface area contributed by atoms with Crippen molar-refractivity contribution in [2.24, 2.45) is 0 Å². The second kappa shape index (κ2) is 9.08. The van der Waals surface area contributed by atoms with Gasteiger partial charge in [-0.15, -0.1) is 0 Å². The third kappa shape index (κ3) is 4.97. The molecule has 0 saturated carbocycles. The van der Waals surface area contributed by atoms with Gasteiger partial charge in [0.25, 0.3) is 0 Å². The van der Waals surface area contributed by atoms with Gasteiger partial charge in [-0.05, 0) is 42.7 Å². The lowest BCUT2D eigenvalue weighted by Crippen LogP contribution is -2.36. The molecule has 0 spiro atoms. The van der Waals surface area contributed by atoms with Gasteiger partial charge >= 0.3 is 6.03 Å². The molecule has 0 radical (unpaired) electrons. The number of hydrogen-bond donors (Lipinski definition) is 2. The summed E-state index contributed by atoms with van der Waals surface area (Å²) in [6, 6.07) is 13.2. The number of carbonyl (C=O) groups excluding carboxylic acids is 1. The number of benzene rings is 2. The molecule has 2 rings (SSSR count). The monoisotopic (exact) mass is 342 g/mol. The largest absolute Gasteiger partial charge is 0.496 e. The number of anilines is 1. The number of carbonyl (C=O) groups is 1. The Labute approximate surface area is 149 Å². The average Bonchev–Trinajstić information content (AvgIpc) is 2.63. The minimum atomic E-state index is -0.245. The maximum atomic E-state index is 12.7. The number of ether oxygens (including phenoxy) is 1. The van der Waals surface area contributed by atoms with Gasteiger partial charge in [0.2, 0.25) is 0 Å². The van der Waals surface area contributed by atoms with Gasteiger partial charge in [0.1, 0.15) is 5.75 Å². The van der Waals surface area contributed by atoms with Crippen molar-refractivity contribution >= 4 is 11.7 Å². The Morgan fingerprint density at radius 2 is 1.96 bits per heavy atom. The summed E-state index contributed by atoms with van der Waals surface area (Å²) in [6.45, 7) is 4.66. The first-order valence-corrected chi connectivity index (χ1v) is 8.47. The zero-order chi connectivity index (χ0) is 18.2. The minimum Gasteiger partial charge on any atom is -0.496 e. The van der Waals surface area contributed by atoms with Crippen molar-refractivity contribution in [3.8, 4) is 5.75 Å². The zero-order valence-electron chi connectivity index (χ0n) is 15.1. The topological polar surface area (TPSA) is 61.8 Å². The van der Waals surface area contributed by atoms with Crippen LogP contribution in [0.25, 0.3) is 0 Å². The first-order chi connectivity index (χ1) is 12.1.